The molecular weight excluding hydrogens is 174 g/mol. The molecule has 0 aliphatic carbocycles. The maximum Gasteiger partial charge on any atom is 0.119 e. The quantitative estimate of drug-likeness (QED) is 0.784. The van der Waals surface area contributed by atoms with Gasteiger partial charge in [0.15, 0.2) is 0 Å². The van der Waals surface area contributed by atoms with Gasteiger partial charge in [-0.05, 0) is 30.2 Å². The van der Waals surface area contributed by atoms with Crippen molar-refractivity contribution in [1.29, 1.82) is 0 Å². The number of aryl methyl sites for hydroxylation is 1. The van der Waals surface area contributed by atoms with E-state index >= 15 is 0 Å². The molecule has 0 aliphatic heterocycles. The normalized spacial score (nSPS) is 10.6. The summed E-state index contributed by atoms with van der Waals surface area (Å²) < 4.78 is 0. The second-order valence-corrected chi connectivity index (χ2v) is 3.43. The minimum absolute atomic E-state index is 0.382. The number of nitrogens with zero attached hydrogens (tertiary/aromatic N) is 1. The van der Waals surface area contributed by atoms with Gasteiger partial charge in [0.05, 0.1) is 5.52 Å². The number of pyridine rings is 1. The van der Waals surface area contributed by atoms with Crippen LogP contribution in [0.1, 0.15) is 18.9 Å². The molecule has 2 rings (SSSR count). The van der Waals surface area contributed by atoms with E-state index in [0.29, 0.717) is 5.75 Å². The molecule has 1 heterocycles. The highest BCUT2D eigenvalue weighted by Gasteiger charge is 2.02. The van der Waals surface area contributed by atoms with E-state index in [-0.39, 0.29) is 0 Å². The van der Waals surface area contributed by atoms with Crippen molar-refractivity contribution in [2.24, 2.45) is 0 Å². The summed E-state index contributed by atoms with van der Waals surface area (Å²) in [5.41, 5.74) is 1.94. The van der Waals surface area contributed by atoms with Crippen LogP contribution in [0.25, 0.3) is 10.9 Å². The van der Waals surface area contributed by atoms with Crippen molar-refractivity contribution in [2.45, 2.75) is 19.8 Å². The van der Waals surface area contributed by atoms with Crippen molar-refractivity contribution >= 4 is 10.9 Å². The van der Waals surface area contributed by atoms with Crippen molar-refractivity contribution in [3.63, 3.8) is 0 Å². The number of hydrogen-bond donors (Lipinski definition) is 1. The highest BCUT2D eigenvalue weighted by molar-refractivity contribution is 5.81. The van der Waals surface area contributed by atoms with Crippen LogP contribution in [-0.2, 0) is 6.42 Å². The van der Waals surface area contributed by atoms with Crippen molar-refractivity contribution in [3.8, 4) is 5.75 Å². The molecule has 0 saturated carbocycles. The van der Waals surface area contributed by atoms with Crippen LogP contribution in [0.4, 0.5) is 0 Å². The van der Waals surface area contributed by atoms with Gasteiger partial charge in [0.1, 0.15) is 5.75 Å². The second kappa shape index (κ2) is 3.66. The Bertz CT molecular complexity index is 451. The van der Waals surface area contributed by atoms with E-state index in [0.717, 1.165) is 29.3 Å². The van der Waals surface area contributed by atoms with Crippen LogP contribution in [0.2, 0.25) is 0 Å². The van der Waals surface area contributed by atoms with Crippen LogP contribution in [0, 0.1) is 0 Å². The summed E-state index contributed by atoms with van der Waals surface area (Å²) in [5, 5.41) is 10.7. The molecule has 0 radical (unpaired) electrons. The third-order valence-corrected chi connectivity index (χ3v) is 2.32. The molecule has 0 amide bonds. The summed E-state index contributed by atoms with van der Waals surface area (Å²) in [6.45, 7) is 2.10. The topological polar surface area (TPSA) is 33.1 Å². The maximum absolute atomic E-state index is 9.71. The average Bonchev–Trinajstić information content (AvgIpc) is 2.19. The van der Waals surface area contributed by atoms with Crippen molar-refractivity contribution in [2.75, 3.05) is 0 Å². The molecule has 0 bridgehead atoms. The summed E-state index contributed by atoms with van der Waals surface area (Å²) in [5.74, 6) is 0.382. The molecule has 0 unspecified atom stereocenters. The van der Waals surface area contributed by atoms with Crippen molar-refractivity contribution in [1.82, 2.24) is 4.98 Å². The molecule has 0 fully saturated rings. The first-order valence-electron chi connectivity index (χ1n) is 4.88. The first-order chi connectivity index (χ1) is 6.81. The van der Waals surface area contributed by atoms with Gasteiger partial charge >= 0.3 is 0 Å². The number of aromatic nitrogens is 1. The lowest BCUT2D eigenvalue weighted by Crippen LogP contribution is -1.86. The molecule has 1 N–H and O–H groups in total. The predicted octanol–water partition coefficient (Wildman–Crippen LogP) is 2.89. The third kappa shape index (κ3) is 1.55. The zero-order valence-corrected chi connectivity index (χ0v) is 8.20. The highest BCUT2D eigenvalue weighted by Crippen LogP contribution is 2.24. The molecule has 0 aliphatic rings. The van der Waals surface area contributed by atoms with Gasteiger partial charge in [0.25, 0.3) is 0 Å². The second-order valence-electron chi connectivity index (χ2n) is 3.43. The van der Waals surface area contributed by atoms with E-state index in [9.17, 15) is 5.11 Å². The van der Waals surface area contributed by atoms with Gasteiger partial charge < -0.3 is 5.11 Å². The van der Waals surface area contributed by atoms with E-state index in [4.69, 9.17) is 0 Å². The van der Waals surface area contributed by atoms with Crippen molar-refractivity contribution in [3.05, 3.63) is 36.0 Å². The molecule has 72 valence electrons. The first-order valence-corrected chi connectivity index (χ1v) is 4.88. The lowest BCUT2D eigenvalue weighted by molar-refractivity contribution is 0.468. The van der Waals surface area contributed by atoms with Gasteiger partial charge in [-0.3, -0.25) is 4.98 Å². The molecule has 2 heteroatoms. The number of phenolic OH excluding ortho intramolecular Hbond substituents is 1. The Morgan fingerprint density at radius 2 is 2.21 bits per heavy atom. The Balaban J connectivity index is 2.59. The molecule has 0 saturated heterocycles. The van der Waals surface area contributed by atoms with Crippen LogP contribution in [0.3, 0.4) is 0 Å². The van der Waals surface area contributed by atoms with Crippen LogP contribution in [0.5, 0.6) is 5.75 Å². The van der Waals surface area contributed by atoms with E-state index < -0.39 is 0 Å². The van der Waals surface area contributed by atoms with Crippen LogP contribution in [0.15, 0.2) is 30.5 Å². The molecule has 0 spiro atoms. The molecule has 2 aromatic rings. The van der Waals surface area contributed by atoms with Crippen LogP contribution in [-0.4, -0.2) is 10.1 Å². The fourth-order valence-corrected chi connectivity index (χ4v) is 1.62. The number of hydrogen-bond acceptors (Lipinski definition) is 2. The zero-order valence-electron chi connectivity index (χ0n) is 8.20. The lowest BCUT2D eigenvalue weighted by atomic mass is 10.1. The summed E-state index contributed by atoms with van der Waals surface area (Å²) in [6, 6.07) is 7.58. The molecule has 2 nitrogen and oxygen atoms in total. The van der Waals surface area contributed by atoms with E-state index in [1.807, 2.05) is 18.2 Å². The van der Waals surface area contributed by atoms with Gasteiger partial charge in [0, 0.05) is 11.6 Å². The summed E-state index contributed by atoms with van der Waals surface area (Å²) in [4.78, 5) is 4.25. The molecule has 0 atom stereocenters. The Labute approximate surface area is 83.2 Å². The van der Waals surface area contributed by atoms with Gasteiger partial charge in [-0.2, -0.15) is 0 Å². The smallest absolute Gasteiger partial charge is 0.119 e. The fraction of sp³-hybridized carbons (Fsp3) is 0.250. The zero-order chi connectivity index (χ0) is 9.97. The molecule has 14 heavy (non-hydrogen) atoms. The SMILES string of the molecule is CCCc1cc2ncccc2cc1O. The summed E-state index contributed by atoms with van der Waals surface area (Å²) in [6.07, 6.45) is 3.71. The number of phenols is 1. The number of aromatic hydroxyl groups is 1. The fourth-order valence-electron chi connectivity index (χ4n) is 1.62. The van der Waals surface area contributed by atoms with E-state index in [1.54, 1.807) is 12.3 Å². The van der Waals surface area contributed by atoms with Gasteiger partial charge in [-0.1, -0.05) is 19.4 Å². The first kappa shape index (κ1) is 9.00. The average molecular weight is 187 g/mol. The van der Waals surface area contributed by atoms with Gasteiger partial charge in [0.2, 0.25) is 0 Å². The Hall–Kier alpha value is -1.57. The monoisotopic (exact) mass is 187 g/mol. The Kier molecular flexibility index (Phi) is 2.35. The molecule has 1 aromatic heterocycles. The minimum Gasteiger partial charge on any atom is -0.508 e. The minimum atomic E-state index is 0.382. The Morgan fingerprint density at radius 1 is 1.36 bits per heavy atom. The number of benzene rings is 1. The van der Waals surface area contributed by atoms with Crippen molar-refractivity contribution < 1.29 is 5.11 Å². The summed E-state index contributed by atoms with van der Waals surface area (Å²) in [7, 11) is 0. The predicted molar refractivity (Wildman–Crippen MR) is 57.4 cm³/mol. The van der Waals surface area contributed by atoms with Gasteiger partial charge in [-0.25, -0.2) is 0 Å². The molecular formula is C12H13NO. The van der Waals surface area contributed by atoms with Crippen LogP contribution < -0.4 is 0 Å². The number of rotatable bonds is 2. The van der Waals surface area contributed by atoms with Crippen LogP contribution >= 0.6 is 0 Å². The third-order valence-electron chi connectivity index (χ3n) is 2.32. The largest absolute Gasteiger partial charge is 0.508 e. The number of fused-ring (bicyclic) bond motifs is 1. The lowest BCUT2D eigenvalue weighted by Gasteiger charge is -2.04. The molecule has 1 aromatic carbocycles. The van der Waals surface area contributed by atoms with E-state index in [1.165, 1.54) is 0 Å². The van der Waals surface area contributed by atoms with Gasteiger partial charge in [-0.15, -0.1) is 0 Å². The highest BCUT2D eigenvalue weighted by atomic mass is 16.3. The van der Waals surface area contributed by atoms with E-state index in [2.05, 4.69) is 11.9 Å². The standard InChI is InChI=1S/C12H13NO/c1-2-4-10-7-11-9(8-12(10)14)5-3-6-13-11/h3,5-8,14H,2,4H2,1H3. The maximum atomic E-state index is 9.71. The summed E-state index contributed by atoms with van der Waals surface area (Å²) >= 11 is 0. The Morgan fingerprint density at radius 3 is 3.00 bits per heavy atom.